The molecular weight excluding hydrogens is 363 g/mol. The van der Waals surface area contributed by atoms with Gasteiger partial charge in [-0.15, -0.1) is 0 Å². The minimum absolute atomic E-state index is 0.0299. The van der Waals surface area contributed by atoms with Gasteiger partial charge < -0.3 is 10.1 Å². The lowest BCUT2D eigenvalue weighted by Crippen LogP contribution is -2.19. The van der Waals surface area contributed by atoms with Gasteiger partial charge in [-0.05, 0) is 40.2 Å². The zero-order valence-corrected chi connectivity index (χ0v) is 12.7. The van der Waals surface area contributed by atoms with Crippen molar-refractivity contribution in [2.24, 2.45) is 0 Å². The fourth-order valence-electron chi connectivity index (χ4n) is 1.67. The average Bonchev–Trinajstić information content (AvgIpc) is 2.45. The van der Waals surface area contributed by atoms with Gasteiger partial charge in [0, 0.05) is 16.2 Å². The molecule has 116 valence electrons. The van der Waals surface area contributed by atoms with Crippen molar-refractivity contribution < 1.29 is 22.7 Å². The molecule has 0 heterocycles. The van der Waals surface area contributed by atoms with Crippen LogP contribution in [0.15, 0.2) is 53.0 Å². The fraction of sp³-hybridized carbons (Fsp3) is 0.133. The number of carbonyl (C=O) groups is 1. The first-order valence-corrected chi connectivity index (χ1v) is 7.00. The highest BCUT2D eigenvalue weighted by atomic mass is 79.9. The third kappa shape index (κ3) is 4.77. The number of halogens is 4. The van der Waals surface area contributed by atoms with Crippen LogP contribution in [0.1, 0.15) is 10.4 Å². The third-order valence-corrected chi connectivity index (χ3v) is 3.30. The van der Waals surface area contributed by atoms with E-state index in [0.29, 0.717) is 15.7 Å². The highest BCUT2D eigenvalue weighted by Gasteiger charge is 2.28. The number of carbonyl (C=O) groups excluding carboxylic acids is 1. The van der Waals surface area contributed by atoms with Crippen LogP contribution in [0.5, 0.6) is 5.75 Å². The zero-order valence-electron chi connectivity index (χ0n) is 11.2. The largest absolute Gasteiger partial charge is 0.484 e. The Hall–Kier alpha value is -2.02. The summed E-state index contributed by atoms with van der Waals surface area (Å²) in [5.74, 6) is -0.345. The zero-order chi connectivity index (χ0) is 16.2. The quantitative estimate of drug-likeness (QED) is 0.847. The molecule has 0 saturated heterocycles. The summed E-state index contributed by atoms with van der Waals surface area (Å²) < 4.78 is 41.6. The summed E-state index contributed by atoms with van der Waals surface area (Å²) in [6.45, 7) is -1.38. The summed E-state index contributed by atoms with van der Waals surface area (Å²) in [4.78, 5) is 12.1. The first-order valence-electron chi connectivity index (χ1n) is 6.21. The number of hydrogen-bond donors (Lipinski definition) is 1. The number of ether oxygens (including phenoxy) is 1. The van der Waals surface area contributed by atoms with Gasteiger partial charge in [-0.3, -0.25) is 4.79 Å². The van der Waals surface area contributed by atoms with Gasteiger partial charge in [-0.2, -0.15) is 13.2 Å². The maximum atomic E-state index is 12.1. The summed E-state index contributed by atoms with van der Waals surface area (Å²) in [7, 11) is 0. The molecule has 0 spiro atoms. The van der Waals surface area contributed by atoms with E-state index in [4.69, 9.17) is 0 Å². The van der Waals surface area contributed by atoms with Crippen molar-refractivity contribution >= 4 is 27.5 Å². The van der Waals surface area contributed by atoms with Gasteiger partial charge in [-0.25, -0.2) is 0 Å². The Morgan fingerprint density at radius 2 is 1.86 bits per heavy atom. The number of hydrogen-bond acceptors (Lipinski definition) is 2. The predicted octanol–water partition coefficient (Wildman–Crippen LogP) is 4.64. The minimum Gasteiger partial charge on any atom is -0.484 e. The summed E-state index contributed by atoms with van der Waals surface area (Å²) >= 11 is 3.26. The fourth-order valence-corrected chi connectivity index (χ4v) is 2.14. The van der Waals surface area contributed by atoms with E-state index in [9.17, 15) is 18.0 Å². The van der Waals surface area contributed by atoms with Crippen molar-refractivity contribution in [3.8, 4) is 5.75 Å². The van der Waals surface area contributed by atoms with E-state index in [-0.39, 0.29) is 11.7 Å². The van der Waals surface area contributed by atoms with Crippen LogP contribution in [-0.2, 0) is 0 Å². The third-order valence-electron chi connectivity index (χ3n) is 2.61. The summed E-state index contributed by atoms with van der Waals surface area (Å²) in [6.07, 6.45) is -4.41. The number of alkyl halides is 3. The molecule has 0 fully saturated rings. The molecule has 0 aliphatic carbocycles. The highest BCUT2D eigenvalue weighted by molar-refractivity contribution is 9.10. The number of amides is 1. The van der Waals surface area contributed by atoms with E-state index >= 15 is 0 Å². The summed E-state index contributed by atoms with van der Waals surface area (Å²) in [5.41, 5.74) is 0.768. The Labute approximate surface area is 133 Å². The normalized spacial score (nSPS) is 11.1. The molecule has 0 saturated carbocycles. The molecule has 22 heavy (non-hydrogen) atoms. The molecule has 0 aromatic heterocycles. The first kappa shape index (κ1) is 16.4. The maximum absolute atomic E-state index is 12.1. The molecule has 0 radical (unpaired) electrons. The monoisotopic (exact) mass is 373 g/mol. The Morgan fingerprint density at radius 1 is 1.14 bits per heavy atom. The van der Waals surface area contributed by atoms with Crippen LogP contribution >= 0.6 is 15.9 Å². The molecule has 7 heteroatoms. The first-order chi connectivity index (χ1) is 10.3. The molecule has 2 aromatic carbocycles. The van der Waals surface area contributed by atoms with E-state index in [2.05, 4.69) is 26.0 Å². The second-order valence-corrected chi connectivity index (χ2v) is 5.22. The van der Waals surface area contributed by atoms with Crippen molar-refractivity contribution in [3.63, 3.8) is 0 Å². The number of anilines is 1. The van der Waals surface area contributed by atoms with Crippen LogP contribution in [0, 0.1) is 0 Å². The van der Waals surface area contributed by atoms with Crippen LogP contribution in [0.3, 0.4) is 0 Å². The van der Waals surface area contributed by atoms with Crippen LogP contribution < -0.4 is 10.1 Å². The molecule has 0 atom stereocenters. The van der Waals surface area contributed by atoms with Crippen LogP contribution in [0.25, 0.3) is 0 Å². The number of nitrogens with one attached hydrogen (secondary N) is 1. The van der Waals surface area contributed by atoms with Crippen molar-refractivity contribution in [3.05, 3.63) is 58.6 Å². The summed E-state index contributed by atoms with van der Waals surface area (Å²) in [5, 5.41) is 2.61. The molecular formula is C15H11BrF3NO2. The van der Waals surface area contributed by atoms with Gasteiger partial charge in [-0.1, -0.05) is 18.2 Å². The van der Waals surface area contributed by atoms with Crippen molar-refractivity contribution in [1.29, 1.82) is 0 Å². The average molecular weight is 374 g/mol. The Bertz CT molecular complexity index is 674. The maximum Gasteiger partial charge on any atom is 0.422 e. The lowest BCUT2D eigenvalue weighted by atomic mass is 10.2. The Kier molecular flexibility index (Phi) is 5.07. The second kappa shape index (κ2) is 6.83. The van der Waals surface area contributed by atoms with Gasteiger partial charge in [0.1, 0.15) is 5.75 Å². The standard InChI is InChI=1S/C15H11BrF3NO2/c16-13-7-2-1-6-12(13)14(21)20-10-4-3-5-11(8-10)22-9-15(17,18)19/h1-8H,9H2,(H,20,21). The van der Waals surface area contributed by atoms with E-state index in [0.717, 1.165) is 0 Å². The second-order valence-electron chi connectivity index (χ2n) is 4.37. The molecule has 0 bridgehead atoms. The van der Waals surface area contributed by atoms with E-state index in [1.165, 1.54) is 18.2 Å². The van der Waals surface area contributed by atoms with Crippen molar-refractivity contribution in [1.82, 2.24) is 0 Å². The van der Waals surface area contributed by atoms with Gasteiger partial charge in [0.25, 0.3) is 5.91 Å². The van der Waals surface area contributed by atoms with Gasteiger partial charge in [0.05, 0.1) is 5.56 Å². The molecule has 1 N–H and O–H groups in total. The van der Waals surface area contributed by atoms with Crippen molar-refractivity contribution in [2.75, 3.05) is 11.9 Å². The summed E-state index contributed by atoms with van der Waals surface area (Å²) in [6, 6.07) is 12.6. The molecule has 0 unspecified atom stereocenters. The van der Waals surface area contributed by atoms with E-state index < -0.39 is 12.8 Å². The van der Waals surface area contributed by atoms with Gasteiger partial charge >= 0.3 is 6.18 Å². The van der Waals surface area contributed by atoms with Crippen molar-refractivity contribution in [2.45, 2.75) is 6.18 Å². The van der Waals surface area contributed by atoms with E-state index in [1.54, 1.807) is 30.3 Å². The number of rotatable bonds is 4. The molecule has 2 rings (SSSR count). The van der Waals surface area contributed by atoms with Gasteiger partial charge in [0.15, 0.2) is 6.61 Å². The van der Waals surface area contributed by atoms with Crippen LogP contribution in [0.4, 0.5) is 18.9 Å². The van der Waals surface area contributed by atoms with Gasteiger partial charge in [0.2, 0.25) is 0 Å². The molecule has 2 aromatic rings. The molecule has 0 aliphatic heterocycles. The van der Waals surface area contributed by atoms with Crippen LogP contribution in [0.2, 0.25) is 0 Å². The molecule has 0 aliphatic rings. The Morgan fingerprint density at radius 3 is 2.55 bits per heavy atom. The smallest absolute Gasteiger partial charge is 0.422 e. The number of benzene rings is 2. The minimum atomic E-state index is -4.41. The lowest BCUT2D eigenvalue weighted by Gasteiger charge is -2.11. The predicted molar refractivity (Wildman–Crippen MR) is 80.1 cm³/mol. The SMILES string of the molecule is O=C(Nc1cccc(OCC(F)(F)F)c1)c1ccccc1Br. The van der Waals surface area contributed by atoms with Crippen LogP contribution in [-0.4, -0.2) is 18.7 Å². The van der Waals surface area contributed by atoms with E-state index in [1.807, 2.05) is 0 Å². The topological polar surface area (TPSA) is 38.3 Å². The highest BCUT2D eigenvalue weighted by Crippen LogP contribution is 2.23. The lowest BCUT2D eigenvalue weighted by molar-refractivity contribution is -0.153. The Balaban J connectivity index is 2.07. The molecule has 1 amide bonds. The molecule has 3 nitrogen and oxygen atoms in total.